The molecule has 6 nitrogen and oxygen atoms in total. The molecule has 114 valence electrons. The van der Waals surface area contributed by atoms with Crippen LogP contribution < -0.4 is 16.5 Å². The van der Waals surface area contributed by atoms with Crippen molar-refractivity contribution in [1.29, 1.82) is 0 Å². The van der Waals surface area contributed by atoms with Crippen LogP contribution in [-0.4, -0.2) is 30.0 Å². The third kappa shape index (κ3) is 4.34. The molecule has 0 unspecified atom stereocenters. The van der Waals surface area contributed by atoms with E-state index in [4.69, 9.17) is 23.2 Å². The van der Waals surface area contributed by atoms with Crippen molar-refractivity contribution >= 4 is 29.4 Å². The van der Waals surface area contributed by atoms with Crippen molar-refractivity contribution in [1.82, 2.24) is 5.01 Å². The lowest BCUT2D eigenvalue weighted by Crippen LogP contribution is -2.51. The van der Waals surface area contributed by atoms with E-state index < -0.39 is 0 Å². The molecule has 1 aromatic rings. The number of benzene rings is 1. The minimum absolute atomic E-state index is 0.0510. The van der Waals surface area contributed by atoms with Crippen LogP contribution in [0.3, 0.4) is 0 Å². The van der Waals surface area contributed by atoms with Crippen molar-refractivity contribution < 1.29 is 0 Å². The number of para-hydroxylation sites is 1. The van der Waals surface area contributed by atoms with Gasteiger partial charge in [0.1, 0.15) is 0 Å². The topological polar surface area (TPSA) is 83.2 Å². The summed E-state index contributed by atoms with van der Waals surface area (Å²) in [6.07, 6.45) is 4.74. The molecule has 1 saturated heterocycles. The summed E-state index contributed by atoms with van der Waals surface area (Å²) in [6, 6.07) is 9.87. The summed E-state index contributed by atoms with van der Waals surface area (Å²) in [6.45, 7) is 1.87. The van der Waals surface area contributed by atoms with Crippen molar-refractivity contribution in [2.24, 2.45) is 21.0 Å². The molecule has 0 aliphatic carbocycles. The largest absolute Gasteiger partial charge is 0.368 e. The molecule has 0 atom stereocenters. The maximum absolute atomic E-state index is 6.12. The maximum Gasteiger partial charge on any atom is 0.235 e. The molecule has 0 spiro atoms. The standard InChI is InChI=1S/C14H21ClN6/c15-19-13(16)18-14(17)21(12-8-4-3-5-9-12)20-10-6-1-2-7-11-20/h3-5,8-9H,1-2,6-7,10-11H2,(H4,16,17,18,19). The Bertz CT molecular complexity index is 493. The van der Waals surface area contributed by atoms with Gasteiger partial charge in [0.2, 0.25) is 11.9 Å². The Kier molecular flexibility index (Phi) is 5.83. The summed E-state index contributed by atoms with van der Waals surface area (Å²) in [5, 5.41) is 4.09. The molecular formula is C14H21ClN6. The first-order chi connectivity index (χ1) is 10.2. The summed E-state index contributed by atoms with van der Waals surface area (Å²) in [5.74, 6) is 0.218. The number of guanidine groups is 2. The van der Waals surface area contributed by atoms with Crippen molar-refractivity contribution in [3.8, 4) is 0 Å². The van der Waals surface area contributed by atoms with Crippen molar-refractivity contribution in [2.75, 3.05) is 18.1 Å². The summed E-state index contributed by atoms with van der Waals surface area (Å²) in [7, 11) is 0. The monoisotopic (exact) mass is 308 g/mol. The first-order valence-electron chi connectivity index (χ1n) is 7.11. The van der Waals surface area contributed by atoms with Gasteiger partial charge in [0.05, 0.1) is 5.69 Å². The van der Waals surface area contributed by atoms with Crippen LogP contribution in [0.15, 0.2) is 39.8 Å². The SMILES string of the molecule is NC(=NCl)N=C(N)N(c1ccccc1)N1CCCCCC1. The Labute approximate surface area is 130 Å². The molecule has 0 bridgehead atoms. The highest BCUT2D eigenvalue weighted by molar-refractivity contribution is 6.20. The average molecular weight is 309 g/mol. The van der Waals surface area contributed by atoms with Gasteiger partial charge < -0.3 is 11.5 Å². The van der Waals surface area contributed by atoms with E-state index in [1.165, 1.54) is 12.8 Å². The van der Waals surface area contributed by atoms with Crippen LogP contribution in [0, 0.1) is 0 Å². The van der Waals surface area contributed by atoms with E-state index in [2.05, 4.69) is 14.5 Å². The van der Waals surface area contributed by atoms with E-state index in [0.717, 1.165) is 31.6 Å². The van der Waals surface area contributed by atoms with Crippen LogP contribution in [0.4, 0.5) is 5.69 Å². The molecule has 0 radical (unpaired) electrons. The number of hydrogen-bond donors (Lipinski definition) is 2. The highest BCUT2D eigenvalue weighted by Crippen LogP contribution is 2.19. The Balaban J connectivity index is 2.32. The van der Waals surface area contributed by atoms with Gasteiger partial charge >= 0.3 is 0 Å². The Morgan fingerprint density at radius 3 is 2.24 bits per heavy atom. The van der Waals surface area contributed by atoms with E-state index >= 15 is 0 Å². The van der Waals surface area contributed by atoms with Crippen LogP contribution >= 0.6 is 11.8 Å². The summed E-state index contributed by atoms with van der Waals surface area (Å²) in [4.78, 5) is 4.05. The zero-order chi connectivity index (χ0) is 15.1. The lowest BCUT2D eigenvalue weighted by Gasteiger charge is -2.34. The van der Waals surface area contributed by atoms with Gasteiger partial charge in [-0.2, -0.15) is 4.99 Å². The molecule has 1 aliphatic heterocycles. The maximum atomic E-state index is 6.12. The molecule has 0 amide bonds. The second-order valence-corrected chi connectivity index (χ2v) is 5.10. The lowest BCUT2D eigenvalue weighted by atomic mass is 10.2. The average Bonchev–Trinajstić information content (AvgIpc) is 2.77. The van der Waals surface area contributed by atoms with E-state index in [0.29, 0.717) is 0 Å². The Hall–Kier alpha value is -1.79. The quantitative estimate of drug-likeness (QED) is 0.647. The van der Waals surface area contributed by atoms with Gasteiger partial charge in [-0.3, -0.25) is 0 Å². The highest BCUT2D eigenvalue weighted by Gasteiger charge is 2.21. The first kappa shape index (κ1) is 15.6. The number of halogens is 1. The predicted molar refractivity (Wildman–Crippen MR) is 88.1 cm³/mol. The van der Waals surface area contributed by atoms with Crippen molar-refractivity contribution in [3.05, 3.63) is 30.3 Å². The zero-order valence-corrected chi connectivity index (χ0v) is 12.7. The fourth-order valence-corrected chi connectivity index (χ4v) is 2.49. The molecule has 0 saturated carbocycles. The van der Waals surface area contributed by atoms with Crippen molar-refractivity contribution in [3.63, 3.8) is 0 Å². The van der Waals surface area contributed by atoms with Crippen LogP contribution in [0.5, 0.6) is 0 Å². The molecule has 2 rings (SSSR count). The van der Waals surface area contributed by atoms with E-state index in [1.54, 1.807) is 0 Å². The lowest BCUT2D eigenvalue weighted by molar-refractivity contribution is 0.296. The number of anilines is 1. The van der Waals surface area contributed by atoms with E-state index in [-0.39, 0.29) is 11.9 Å². The minimum atomic E-state index is -0.0510. The number of hydrogen-bond acceptors (Lipinski definition) is 2. The van der Waals surface area contributed by atoms with E-state index in [9.17, 15) is 0 Å². The first-order valence-corrected chi connectivity index (χ1v) is 7.45. The second-order valence-electron chi connectivity index (χ2n) is 4.93. The molecule has 4 N–H and O–H groups in total. The Morgan fingerprint density at radius 2 is 1.67 bits per heavy atom. The van der Waals surface area contributed by atoms with Gasteiger partial charge in [-0.1, -0.05) is 31.0 Å². The van der Waals surface area contributed by atoms with Crippen molar-refractivity contribution in [2.45, 2.75) is 25.7 Å². The van der Waals surface area contributed by atoms with Crippen LogP contribution in [-0.2, 0) is 0 Å². The van der Waals surface area contributed by atoms with Gasteiger partial charge in [0, 0.05) is 24.9 Å². The van der Waals surface area contributed by atoms with Gasteiger partial charge in [-0.15, -0.1) is 4.51 Å². The molecule has 1 aromatic carbocycles. The number of nitrogens with two attached hydrogens (primary N) is 2. The third-order valence-electron chi connectivity index (χ3n) is 3.40. The Morgan fingerprint density at radius 1 is 1.05 bits per heavy atom. The van der Waals surface area contributed by atoms with Crippen LogP contribution in [0.1, 0.15) is 25.7 Å². The normalized spacial score (nSPS) is 18.3. The third-order valence-corrected chi connectivity index (χ3v) is 3.57. The number of nitrogens with zero attached hydrogens (tertiary/aromatic N) is 4. The fourth-order valence-electron chi connectivity index (χ4n) is 2.45. The molecule has 0 aromatic heterocycles. The van der Waals surface area contributed by atoms with Crippen LogP contribution in [0.2, 0.25) is 0 Å². The zero-order valence-electron chi connectivity index (χ0n) is 12.0. The summed E-state index contributed by atoms with van der Waals surface area (Å²) < 4.78 is 3.32. The molecular weight excluding hydrogens is 288 g/mol. The molecule has 7 heteroatoms. The molecule has 1 fully saturated rings. The van der Waals surface area contributed by atoms with Crippen LogP contribution in [0.25, 0.3) is 0 Å². The van der Waals surface area contributed by atoms with E-state index in [1.807, 2.05) is 35.3 Å². The van der Waals surface area contributed by atoms with Gasteiger partial charge in [-0.05, 0) is 25.0 Å². The van der Waals surface area contributed by atoms with Gasteiger partial charge in [0.25, 0.3) is 0 Å². The molecule has 1 aliphatic rings. The van der Waals surface area contributed by atoms with Gasteiger partial charge in [-0.25, -0.2) is 10.0 Å². The van der Waals surface area contributed by atoms with Gasteiger partial charge in [0.15, 0.2) is 0 Å². The smallest absolute Gasteiger partial charge is 0.235 e. The summed E-state index contributed by atoms with van der Waals surface area (Å²) in [5.41, 5.74) is 12.6. The molecule has 1 heterocycles. The number of aliphatic imine (C=N–C) groups is 1. The molecule has 21 heavy (non-hydrogen) atoms. The predicted octanol–water partition coefficient (Wildman–Crippen LogP) is 2.07. The summed E-state index contributed by atoms with van der Waals surface area (Å²) >= 11 is 5.33. The highest BCUT2D eigenvalue weighted by atomic mass is 35.5. The minimum Gasteiger partial charge on any atom is -0.368 e. The second kappa shape index (κ2) is 7.85. The number of rotatable bonds is 2. The fraction of sp³-hybridized carbons (Fsp3) is 0.429. The number of hydrazine groups is 1.